The van der Waals surface area contributed by atoms with Crippen molar-refractivity contribution >= 4 is 5.91 Å². The monoisotopic (exact) mass is 268 g/mol. The Morgan fingerprint density at radius 3 is 3.00 bits per heavy atom. The number of pyridine rings is 1. The molecular weight excluding hydrogens is 251 g/mol. The topological polar surface area (TPSA) is 62.5 Å². The average Bonchev–Trinajstić information content (AvgIpc) is 2.76. The number of amides is 1. The van der Waals surface area contributed by atoms with Gasteiger partial charge in [-0.1, -0.05) is 6.07 Å². The Kier molecular flexibility index (Phi) is 3.99. The third-order valence-electron chi connectivity index (χ3n) is 3.41. The Labute approximate surface area is 110 Å². The second-order valence-corrected chi connectivity index (χ2v) is 4.84. The molecule has 1 aromatic heterocycles. The second-order valence-electron chi connectivity index (χ2n) is 4.84. The number of halogens is 1. The third kappa shape index (κ3) is 2.84. The standard InChI is InChI=1S/C13H17FN2O3/c1-9-3-2-4-15(13(9)19)7-12(18)16-6-10(14)5-11(16)8-17/h2-4,10-11,17H,5-8H2,1H3/t10-,11-/m0/s1. The van der Waals surface area contributed by atoms with E-state index in [1.165, 1.54) is 15.7 Å². The molecule has 1 N–H and O–H groups in total. The quantitative estimate of drug-likeness (QED) is 0.845. The Morgan fingerprint density at radius 2 is 2.32 bits per heavy atom. The number of rotatable bonds is 3. The molecule has 2 heterocycles. The van der Waals surface area contributed by atoms with Crippen molar-refractivity contribution in [2.24, 2.45) is 0 Å². The van der Waals surface area contributed by atoms with Gasteiger partial charge in [-0.2, -0.15) is 0 Å². The lowest BCUT2D eigenvalue weighted by Crippen LogP contribution is -2.41. The van der Waals surface area contributed by atoms with E-state index >= 15 is 0 Å². The van der Waals surface area contributed by atoms with E-state index in [0.29, 0.717) is 5.56 Å². The maximum Gasteiger partial charge on any atom is 0.253 e. The molecule has 0 spiro atoms. The van der Waals surface area contributed by atoms with Crippen LogP contribution in [-0.2, 0) is 11.3 Å². The van der Waals surface area contributed by atoms with Crippen LogP contribution in [0.5, 0.6) is 0 Å². The summed E-state index contributed by atoms with van der Waals surface area (Å²) in [6.45, 7) is 1.29. The number of likely N-dealkylation sites (tertiary alicyclic amines) is 1. The van der Waals surface area contributed by atoms with Crippen molar-refractivity contribution < 1.29 is 14.3 Å². The SMILES string of the molecule is Cc1cccn(CC(=O)N2C[C@@H](F)C[C@H]2CO)c1=O. The van der Waals surface area contributed by atoms with Crippen LogP contribution in [0.3, 0.4) is 0 Å². The molecule has 0 aliphatic carbocycles. The molecule has 0 unspecified atom stereocenters. The number of aromatic nitrogens is 1. The summed E-state index contributed by atoms with van der Waals surface area (Å²) < 4.78 is 14.6. The van der Waals surface area contributed by atoms with Gasteiger partial charge in [0.15, 0.2) is 0 Å². The summed E-state index contributed by atoms with van der Waals surface area (Å²) in [6, 6.07) is 2.88. The third-order valence-corrected chi connectivity index (χ3v) is 3.41. The summed E-state index contributed by atoms with van der Waals surface area (Å²) in [4.78, 5) is 25.2. The number of alkyl halides is 1. The average molecular weight is 268 g/mol. The van der Waals surface area contributed by atoms with E-state index in [2.05, 4.69) is 0 Å². The van der Waals surface area contributed by atoms with Gasteiger partial charge in [0, 0.05) is 18.2 Å². The normalized spacial score (nSPS) is 22.8. The van der Waals surface area contributed by atoms with Crippen LogP contribution in [0.1, 0.15) is 12.0 Å². The molecule has 0 aromatic carbocycles. The lowest BCUT2D eigenvalue weighted by atomic mass is 10.2. The fourth-order valence-electron chi connectivity index (χ4n) is 2.36. The number of carbonyl (C=O) groups is 1. The summed E-state index contributed by atoms with van der Waals surface area (Å²) in [5.41, 5.74) is 0.325. The Hall–Kier alpha value is -1.69. The van der Waals surface area contributed by atoms with E-state index in [9.17, 15) is 14.0 Å². The first kappa shape index (κ1) is 13.7. The van der Waals surface area contributed by atoms with Crippen molar-refractivity contribution in [3.8, 4) is 0 Å². The maximum atomic E-state index is 13.3. The van der Waals surface area contributed by atoms with Crippen LogP contribution in [0.2, 0.25) is 0 Å². The lowest BCUT2D eigenvalue weighted by Gasteiger charge is -2.23. The van der Waals surface area contributed by atoms with Crippen molar-refractivity contribution in [2.45, 2.75) is 32.1 Å². The minimum atomic E-state index is -1.10. The number of hydrogen-bond donors (Lipinski definition) is 1. The molecule has 0 saturated carbocycles. The first-order chi connectivity index (χ1) is 9.02. The predicted octanol–water partition coefficient (Wildman–Crippen LogP) is 0.0880. The van der Waals surface area contributed by atoms with Gasteiger partial charge in [-0.25, -0.2) is 4.39 Å². The van der Waals surface area contributed by atoms with Gasteiger partial charge in [-0.3, -0.25) is 9.59 Å². The van der Waals surface area contributed by atoms with Crippen molar-refractivity contribution in [1.82, 2.24) is 9.47 Å². The summed E-state index contributed by atoms with van der Waals surface area (Å²) >= 11 is 0. The molecule has 1 aromatic rings. The van der Waals surface area contributed by atoms with Crippen LogP contribution in [0.25, 0.3) is 0 Å². The molecule has 1 amide bonds. The molecule has 0 radical (unpaired) electrons. The van der Waals surface area contributed by atoms with Gasteiger partial charge in [0.1, 0.15) is 12.7 Å². The molecule has 1 aliphatic heterocycles. The smallest absolute Gasteiger partial charge is 0.253 e. The Bertz CT molecular complexity index is 529. The number of hydrogen-bond acceptors (Lipinski definition) is 3. The zero-order chi connectivity index (χ0) is 14.0. The Morgan fingerprint density at radius 1 is 1.58 bits per heavy atom. The molecule has 6 heteroatoms. The zero-order valence-electron chi connectivity index (χ0n) is 10.8. The highest BCUT2D eigenvalue weighted by molar-refractivity contribution is 5.76. The minimum Gasteiger partial charge on any atom is -0.394 e. The van der Waals surface area contributed by atoms with E-state index in [1.807, 2.05) is 0 Å². The first-order valence-electron chi connectivity index (χ1n) is 6.23. The van der Waals surface area contributed by atoms with Gasteiger partial charge in [0.2, 0.25) is 5.91 Å². The molecule has 1 fully saturated rings. The largest absolute Gasteiger partial charge is 0.394 e. The van der Waals surface area contributed by atoms with Crippen molar-refractivity contribution in [2.75, 3.05) is 13.2 Å². The lowest BCUT2D eigenvalue weighted by molar-refractivity contribution is -0.133. The molecule has 1 saturated heterocycles. The summed E-state index contributed by atoms with van der Waals surface area (Å²) in [6.07, 6.45) is 0.588. The van der Waals surface area contributed by atoms with Crippen molar-refractivity contribution in [3.63, 3.8) is 0 Å². The second kappa shape index (κ2) is 5.52. The molecule has 104 valence electrons. The van der Waals surface area contributed by atoms with Gasteiger partial charge in [0.25, 0.3) is 5.56 Å². The van der Waals surface area contributed by atoms with Gasteiger partial charge in [0.05, 0.1) is 19.2 Å². The molecule has 5 nitrogen and oxygen atoms in total. The number of aryl methyl sites for hydroxylation is 1. The summed E-state index contributed by atoms with van der Waals surface area (Å²) in [5, 5.41) is 9.14. The van der Waals surface area contributed by atoms with Crippen LogP contribution in [0.15, 0.2) is 23.1 Å². The van der Waals surface area contributed by atoms with Crippen LogP contribution in [0, 0.1) is 6.92 Å². The van der Waals surface area contributed by atoms with Crippen LogP contribution < -0.4 is 5.56 Å². The van der Waals surface area contributed by atoms with Gasteiger partial charge in [-0.15, -0.1) is 0 Å². The van der Waals surface area contributed by atoms with Gasteiger partial charge < -0.3 is 14.6 Å². The van der Waals surface area contributed by atoms with E-state index < -0.39 is 12.2 Å². The van der Waals surface area contributed by atoms with Gasteiger partial charge >= 0.3 is 0 Å². The highest BCUT2D eigenvalue weighted by Crippen LogP contribution is 2.20. The Balaban J connectivity index is 2.13. The van der Waals surface area contributed by atoms with Gasteiger partial charge in [-0.05, 0) is 13.0 Å². The predicted molar refractivity (Wildman–Crippen MR) is 67.5 cm³/mol. The van der Waals surface area contributed by atoms with Crippen LogP contribution in [-0.4, -0.2) is 45.8 Å². The number of aliphatic hydroxyl groups is 1. The molecule has 2 rings (SSSR count). The van der Waals surface area contributed by atoms with Crippen LogP contribution in [0.4, 0.5) is 4.39 Å². The molecule has 19 heavy (non-hydrogen) atoms. The van der Waals surface area contributed by atoms with E-state index in [0.717, 1.165) is 0 Å². The zero-order valence-corrected chi connectivity index (χ0v) is 10.8. The van der Waals surface area contributed by atoms with Crippen molar-refractivity contribution in [1.29, 1.82) is 0 Å². The van der Waals surface area contributed by atoms with E-state index in [-0.39, 0.29) is 37.6 Å². The fraction of sp³-hybridized carbons (Fsp3) is 0.538. The van der Waals surface area contributed by atoms with Crippen LogP contribution >= 0.6 is 0 Å². The minimum absolute atomic E-state index is 0.00930. The highest BCUT2D eigenvalue weighted by Gasteiger charge is 2.34. The number of aliphatic hydroxyl groups excluding tert-OH is 1. The van der Waals surface area contributed by atoms with E-state index in [1.54, 1.807) is 19.1 Å². The first-order valence-corrected chi connectivity index (χ1v) is 6.23. The number of carbonyl (C=O) groups excluding carboxylic acids is 1. The number of nitrogens with zero attached hydrogens (tertiary/aromatic N) is 2. The molecule has 2 atom stereocenters. The van der Waals surface area contributed by atoms with Crippen molar-refractivity contribution in [3.05, 3.63) is 34.2 Å². The summed E-state index contributed by atoms with van der Waals surface area (Å²) in [7, 11) is 0. The highest BCUT2D eigenvalue weighted by atomic mass is 19.1. The van der Waals surface area contributed by atoms with E-state index in [4.69, 9.17) is 5.11 Å². The maximum absolute atomic E-state index is 13.3. The summed E-state index contributed by atoms with van der Waals surface area (Å²) in [5.74, 6) is -0.341. The molecular formula is C13H17FN2O3. The molecule has 1 aliphatic rings. The molecule has 0 bridgehead atoms. The fourth-order valence-corrected chi connectivity index (χ4v) is 2.36.